The van der Waals surface area contributed by atoms with Gasteiger partial charge in [0.15, 0.2) is 0 Å². The average molecular weight is 255 g/mol. The number of fused-ring (bicyclic) bond motifs is 1. The van der Waals surface area contributed by atoms with Crippen LogP contribution in [0.1, 0.15) is 29.0 Å². The highest BCUT2D eigenvalue weighted by molar-refractivity contribution is 7.10. The Hall–Kier alpha value is -1.86. The fourth-order valence-corrected chi connectivity index (χ4v) is 3.43. The largest absolute Gasteiger partial charge is 0.349 e. The van der Waals surface area contributed by atoms with E-state index in [1.54, 1.807) is 12.3 Å². The Morgan fingerprint density at radius 1 is 1.50 bits per heavy atom. The predicted octanol–water partition coefficient (Wildman–Crippen LogP) is 3.14. The predicted molar refractivity (Wildman–Crippen MR) is 72.7 cm³/mol. The summed E-state index contributed by atoms with van der Waals surface area (Å²) in [5.41, 5.74) is 2.07. The van der Waals surface area contributed by atoms with Crippen LogP contribution >= 0.6 is 11.3 Å². The maximum atomic E-state index is 8.96. The molecule has 1 aliphatic heterocycles. The first-order valence-electron chi connectivity index (χ1n) is 5.98. The van der Waals surface area contributed by atoms with Crippen molar-refractivity contribution in [3.63, 3.8) is 0 Å². The number of nitriles is 1. The number of pyridine rings is 1. The van der Waals surface area contributed by atoms with Crippen molar-refractivity contribution in [2.45, 2.75) is 19.4 Å². The quantitative estimate of drug-likeness (QED) is 0.786. The molecule has 4 heteroatoms. The molecular weight excluding hydrogens is 242 g/mol. The lowest BCUT2D eigenvalue weighted by Gasteiger charge is -2.34. The van der Waals surface area contributed by atoms with E-state index >= 15 is 0 Å². The molecule has 0 spiro atoms. The van der Waals surface area contributed by atoms with Gasteiger partial charge >= 0.3 is 0 Å². The van der Waals surface area contributed by atoms with E-state index in [0.717, 1.165) is 18.8 Å². The molecule has 3 heterocycles. The van der Waals surface area contributed by atoms with Crippen molar-refractivity contribution >= 4 is 17.2 Å². The fourth-order valence-electron chi connectivity index (χ4n) is 2.47. The summed E-state index contributed by atoms with van der Waals surface area (Å²) < 4.78 is 0. The number of hydrogen-bond acceptors (Lipinski definition) is 4. The zero-order chi connectivity index (χ0) is 12.5. The number of anilines is 1. The number of rotatable bonds is 1. The first-order valence-corrected chi connectivity index (χ1v) is 6.86. The summed E-state index contributed by atoms with van der Waals surface area (Å²) in [5, 5.41) is 11.1. The Bertz CT molecular complexity index is 611. The number of thiophene rings is 1. The van der Waals surface area contributed by atoms with E-state index in [-0.39, 0.29) is 0 Å². The van der Waals surface area contributed by atoms with Crippen molar-refractivity contribution in [3.05, 3.63) is 45.8 Å². The molecule has 3 rings (SSSR count). The van der Waals surface area contributed by atoms with E-state index in [9.17, 15) is 0 Å². The lowest BCUT2D eigenvalue weighted by molar-refractivity contribution is 0.625. The lowest BCUT2D eigenvalue weighted by atomic mass is 10.0. The van der Waals surface area contributed by atoms with Gasteiger partial charge in [0.1, 0.15) is 5.82 Å². The van der Waals surface area contributed by atoms with Crippen LogP contribution in [0.15, 0.2) is 29.8 Å². The van der Waals surface area contributed by atoms with Crippen LogP contribution in [0.2, 0.25) is 0 Å². The van der Waals surface area contributed by atoms with Gasteiger partial charge in [0.05, 0.1) is 17.7 Å². The molecular formula is C14H13N3S. The summed E-state index contributed by atoms with van der Waals surface area (Å²) in [6.45, 7) is 3.17. The minimum Gasteiger partial charge on any atom is -0.349 e. The summed E-state index contributed by atoms with van der Waals surface area (Å²) in [7, 11) is 0. The van der Waals surface area contributed by atoms with Gasteiger partial charge in [0.25, 0.3) is 0 Å². The zero-order valence-electron chi connectivity index (χ0n) is 10.1. The van der Waals surface area contributed by atoms with Crippen molar-refractivity contribution in [1.82, 2.24) is 4.98 Å². The van der Waals surface area contributed by atoms with E-state index in [4.69, 9.17) is 5.26 Å². The van der Waals surface area contributed by atoms with Crippen molar-refractivity contribution in [1.29, 1.82) is 5.26 Å². The maximum Gasteiger partial charge on any atom is 0.130 e. The van der Waals surface area contributed by atoms with Crippen LogP contribution in [0.5, 0.6) is 0 Å². The highest BCUT2D eigenvalue weighted by Crippen LogP contribution is 2.35. The van der Waals surface area contributed by atoms with Gasteiger partial charge in [-0.2, -0.15) is 5.26 Å². The van der Waals surface area contributed by atoms with E-state index in [1.807, 2.05) is 17.4 Å². The molecule has 0 fully saturated rings. The van der Waals surface area contributed by atoms with Crippen molar-refractivity contribution in [3.8, 4) is 6.07 Å². The molecule has 0 radical (unpaired) electrons. The van der Waals surface area contributed by atoms with Crippen LogP contribution in [0, 0.1) is 11.3 Å². The molecule has 3 nitrogen and oxygen atoms in total. The molecule has 1 aliphatic rings. The van der Waals surface area contributed by atoms with Crippen molar-refractivity contribution in [2.75, 3.05) is 11.4 Å². The van der Waals surface area contributed by atoms with Gasteiger partial charge in [-0.05, 0) is 42.5 Å². The van der Waals surface area contributed by atoms with Gasteiger partial charge in [-0.25, -0.2) is 4.98 Å². The standard InChI is InChI=1S/C14H13N3S/c1-10-12-4-7-18-13(12)3-6-17(10)14-8-11(9-15)2-5-16-14/h2,4-5,7-8,10H,3,6H2,1H3. The normalized spacial score (nSPS) is 18.2. The smallest absolute Gasteiger partial charge is 0.130 e. The zero-order valence-corrected chi connectivity index (χ0v) is 10.9. The number of aromatic nitrogens is 1. The Morgan fingerprint density at radius 2 is 2.39 bits per heavy atom. The molecule has 18 heavy (non-hydrogen) atoms. The molecule has 1 unspecified atom stereocenters. The Labute approximate surface area is 110 Å². The van der Waals surface area contributed by atoms with Gasteiger partial charge in [-0.15, -0.1) is 11.3 Å². The summed E-state index contributed by atoms with van der Waals surface area (Å²) in [6.07, 6.45) is 2.78. The average Bonchev–Trinajstić information content (AvgIpc) is 2.88. The topological polar surface area (TPSA) is 39.9 Å². The first-order chi connectivity index (χ1) is 8.79. The third-order valence-electron chi connectivity index (χ3n) is 3.45. The van der Waals surface area contributed by atoms with Crippen LogP contribution in [0.3, 0.4) is 0 Å². The molecule has 0 amide bonds. The summed E-state index contributed by atoms with van der Waals surface area (Å²) in [4.78, 5) is 8.15. The van der Waals surface area contributed by atoms with Crippen LogP contribution < -0.4 is 4.90 Å². The van der Waals surface area contributed by atoms with Crippen LogP contribution in [-0.2, 0) is 6.42 Å². The Kier molecular flexibility index (Phi) is 2.77. The molecule has 0 saturated carbocycles. The summed E-state index contributed by atoms with van der Waals surface area (Å²) >= 11 is 1.83. The first kappa shape index (κ1) is 11.2. The molecule has 0 N–H and O–H groups in total. The van der Waals surface area contributed by atoms with Crippen molar-refractivity contribution in [2.24, 2.45) is 0 Å². The maximum absolute atomic E-state index is 8.96. The molecule has 0 bridgehead atoms. The second-order valence-corrected chi connectivity index (χ2v) is 5.43. The molecule has 0 saturated heterocycles. The van der Waals surface area contributed by atoms with Crippen molar-refractivity contribution < 1.29 is 0 Å². The third-order valence-corrected chi connectivity index (χ3v) is 4.44. The van der Waals surface area contributed by atoms with E-state index in [0.29, 0.717) is 11.6 Å². The third kappa shape index (κ3) is 1.77. The van der Waals surface area contributed by atoms with Gasteiger partial charge in [-0.3, -0.25) is 0 Å². The van der Waals surface area contributed by atoms with Crippen LogP contribution in [-0.4, -0.2) is 11.5 Å². The SMILES string of the molecule is CC1c2ccsc2CCN1c1cc(C#N)ccn1. The fraction of sp³-hybridized carbons (Fsp3) is 0.286. The number of nitrogens with zero attached hydrogens (tertiary/aromatic N) is 3. The molecule has 0 aliphatic carbocycles. The Morgan fingerprint density at radius 3 is 3.22 bits per heavy atom. The van der Waals surface area contributed by atoms with Gasteiger partial charge in [-0.1, -0.05) is 0 Å². The Balaban J connectivity index is 1.97. The minimum absolute atomic E-state index is 0.335. The van der Waals surface area contributed by atoms with Gasteiger partial charge < -0.3 is 4.90 Å². The second kappa shape index (κ2) is 4.43. The van der Waals surface area contributed by atoms with Crippen LogP contribution in [0.25, 0.3) is 0 Å². The number of hydrogen-bond donors (Lipinski definition) is 0. The molecule has 90 valence electrons. The highest BCUT2D eigenvalue weighted by Gasteiger charge is 2.25. The highest BCUT2D eigenvalue weighted by atomic mass is 32.1. The van der Waals surface area contributed by atoms with E-state index < -0.39 is 0 Å². The van der Waals surface area contributed by atoms with Gasteiger partial charge in [0.2, 0.25) is 0 Å². The molecule has 1 atom stereocenters. The van der Waals surface area contributed by atoms with E-state index in [2.05, 4.69) is 34.3 Å². The molecule has 2 aromatic rings. The molecule has 2 aromatic heterocycles. The minimum atomic E-state index is 0.335. The molecule has 0 aromatic carbocycles. The van der Waals surface area contributed by atoms with Crippen LogP contribution in [0.4, 0.5) is 5.82 Å². The van der Waals surface area contributed by atoms with E-state index in [1.165, 1.54) is 10.4 Å². The lowest BCUT2D eigenvalue weighted by Crippen LogP contribution is -2.33. The second-order valence-electron chi connectivity index (χ2n) is 4.43. The summed E-state index contributed by atoms with van der Waals surface area (Å²) in [5.74, 6) is 0.901. The monoisotopic (exact) mass is 255 g/mol. The summed E-state index contributed by atoms with van der Waals surface area (Å²) in [6, 6.07) is 8.32. The van der Waals surface area contributed by atoms with Gasteiger partial charge in [0, 0.05) is 17.6 Å².